The SMILES string of the molecule is CCOC(=O)/C(C)=C/C(C(C)C)N(C)C(=O)[C@@H](NC(=O)[C@@H](NC)C(C)(C)c1ccccc1)C(C)(C)C. The van der Waals surface area contributed by atoms with E-state index in [9.17, 15) is 14.4 Å². The number of nitrogens with zero attached hydrogens (tertiary/aromatic N) is 1. The Morgan fingerprint density at radius 3 is 2.03 bits per heavy atom. The van der Waals surface area contributed by atoms with Crippen molar-refractivity contribution in [2.75, 3.05) is 20.7 Å². The van der Waals surface area contributed by atoms with Gasteiger partial charge >= 0.3 is 5.97 Å². The van der Waals surface area contributed by atoms with Crippen molar-refractivity contribution in [2.24, 2.45) is 11.3 Å². The van der Waals surface area contributed by atoms with Crippen LogP contribution in [0.4, 0.5) is 0 Å². The highest BCUT2D eigenvalue weighted by molar-refractivity contribution is 5.92. The van der Waals surface area contributed by atoms with E-state index in [0.717, 1.165) is 5.56 Å². The van der Waals surface area contributed by atoms with Gasteiger partial charge in [-0.2, -0.15) is 0 Å². The third kappa shape index (κ3) is 7.92. The maximum atomic E-state index is 13.8. The number of nitrogens with one attached hydrogen (secondary N) is 2. The normalized spacial score (nSPS) is 15.2. The van der Waals surface area contributed by atoms with Gasteiger partial charge in [0, 0.05) is 18.0 Å². The van der Waals surface area contributed by atoms with Gasteiger partial charge in [0.2, 0.25) is 11.8 Å². The molecule has 1 aromatic rings. The summed E-state index contributed by atoms with van der Waals surface area (Å²) < 4.78 is 5.11. The minimum absolute atomic E-state index is 0.0433. The lowest BCUT2D eigenvalue weighted by Crippen LogP contribution is -2.61. The van der Waals surface area contributed by atoms with Crippen LogP contribution in [0.1, 0.15) is 67.9 Å². The molecular formula is C29H47N3O4. The third-order valence-electron chi connectivity index (χ3n) is 6.69. The summed E-state index contributed by atoms with van der Waals surface area (Å²) in [6.45, 7) is 17.6. The number of carbonyl (C=O) groups is 3. The lowest BCUT2D eigenvalue weighted by atomic mass is 9.76. The maximum absolute atomic E-state index is 13.8. The Labute approximate surface area is 218 Å². The van der Waals surface area contributed by atoms with Crippen molar-refractivity contribution in [1.82, 2.24) is 15.5 Å². The second kappa shape index (κ2) is 13.0. The molecule has 0 heterocycles. The molecule has 202 valence electrons. The number of amides is 2. The number of carbonyl (C=O) groups excluding carboxylic acids is 3. The van der Waals surface area contributed by atoms with Gasteiger partial charge in [-0.15, -0.1) is 0 Å². The van der Waals surface area contributed by atoms with Gasteiger partial charge in [0.1, 0.15) is 6.04 Å². The predicted molar refractivity (Wildman–Crippen MR) is 145 cm³/mol. The second-order valence-electron chi connectivity index (χ2n) is 11.4. The van der Waals surface area contributed by atoms with Gasteiger partial charge < -0.3 is 20.3 Å². The van der Waals surface area contributed by atoms with Crippen LogP contribution in [0, 0.1) is 11.3 Å². The summed E-state index contributed by atoms with van der Waals surface area (Å²) in [4.78, 5) is 41.2. The molecule has 0 aliphatic carbocycles. The Morgan fingerprint density at radius 2 is 1.58 bits per heavy atom. The third-order valence-corrected chi connectivity index (χ3v) is 6.69. The van der Waals surface area contributed by atoms with E-state index in [-0.39, 0.29) is 30.4 Å². The molecule has 1 unspecified atom stereocenters. The molecule has 0 aliphatic rings. The van der Waals surface area contributed by atoms with E-state index in [1.165, 1.54) is 0 Å². The number of rotatable bonds is 11. The highest BCUT2D eigenvalue weighted by Gasteiger charge is 2.41. The van der Waals surface area contributed by atoms with E-state index < -0.39 is 28.9 Å². The maximum Gasteiger partial charge on any atom is 0.333 e. The van der Waals surface area contributed by atoms with Crippen molar-refractivity contribution in [1.29, 1.82) is 0 Å². The zero-order valence-corrected chi connectivity index (χ0v) is 24.1. The van der Waals surface area contributed by atoms with Crippen LogP contribution in [-0.2, 0) is 24.5 Å². The molecule has 7 heteroatoms. The van der Waals surface area contributed by atoms with Gasteiger partial charge in [-0.3, -0.25) is 9.59 Å². The molecule has 0 spiro atoms. The fourth-order valence-electron chi connectivity index (χ4n) is 4.40. The van der Waals surface area contributed by atoms with E-state index >= 15 is 0 Å². The van der Waals surface area contributed by atoms with Crippen molar-refractivity contribution >= 4 is 17.8 Å². The van der Waals surface area contributed by atoms with Crippen molar-refractivity contribution in [3.63, 3.8) is 0 Å². The van der Waals surface area contributed by atoms with Crippen molar-refractivity contribution in [3.8, 4) is 0 Å². The first-order valence-electron chi connectivity index (χ1n) is 12.7. The molecule has 1 aromatic carbocycles. The average molecular weight is 502 g/mol. The summed E-state index contributed by atoms with van der Waals surface area (Å²) in [5.41, 5.74) is 0.413. The quantitative estimate of drug-likeness (QED) is 0.352. The van der Waals surface area contributed by atoms with E-state index in [4.69, 9.17) is 4.74 Å². The van der Waals surface area contributed by atoms with Gasteiger partial charge in [-0.05, 0) is 37.8 Å². The summed E-state index contributed by atoms with van der Waals surface area (Å²) in [5, 5.41) is 6.21. The van der Waals surface area contributed by atoms with Crippen molar-refractivity contribution < 1.29 is 19.1 Å². The van der Waals surface area contributed by atoms with Crippen molar-refractivity contribution in [3.05, 3.63) is 47.5 Å². The number of hydrogen-bond acceptors (Lipinski definition) is 5. The first-order chi connectivity index (χ1) is 16.6. The lowest BCUT2D eigenvalue weighted by molar-refractivity contribution is -0.141. The fraction of sp³-hybridized carbons (Fsp3) is 0.621. The van der Waals surface area contributed by atoms with Crippen LogP contribution in [0.5, 0.6) is 0 Å². The van der Waals surface area contributed by atoms with Crippen LogP contribution >= 0.6 is 0 Å². The highest BCUT2D eigenvalue weighted by Crippen LogP contribution is 2.29. The monoisotopic (exact) mass is 501 g/mol. The average Bonchev–Trinajstić information content (AvgIpc) is 2.80. The number of likely N-dealkylation sites (N-methyl/N-ethyl adjacent to an activating group) is 2. The molecule has 0 radical (unpaired) electrons. The number of ether oxygens (including phenoxy) is 1. The molecule has 3 atom stereocenters. The van der Waals surface area contributed by atoms with Crippen LogP contribution in [0.25, 0.3) is 0 Å². The molecule has 2 N–H and O–H groups in total. The molecular weight excluding hydrogens is 454 g/mol. The Hall–Kier alpha value is -2.67. The molecule has 1 rings (SSSR count). The Kier molecular flexibility index (Phi) is 11.4. The second-order valence-corrected chi connectivity index (χ2v) is 11.4. The lowest BCUT2D eigenvalue weighted by Gasteiger charge is -2.40. The minimum Gasteiger partial charge on any atom is -0.463 e. The van der Waals surface area contributed by atoms with E-state index in [1.807, 2.05) is 78.8 Å². The molecule has 36 heavy (non-hydrogen) atoms. The molecule has 0 fully saturated rings. The van der Waals surface area contributed by atoms with Gasteiger partial charge in [0.05, 0.1) is 18.7 Å². The summed E-state index contributed by atoms with van der Waals surface area (Å²) in [6.07, 6.45) is 1.77. The van der Waals surface area contributed by atoms with E-state index in [0.29, 0.717) is 5.57 Å². The van der Waals surface area contributed by atoms with Crippen LogP contribution in [0.2, 0.25) is 0 Å². The summed E-state index contributed by atoms with van der Waals surface area (Å²) in [5.74, 6) is -0.811. The largest absolute Gasteiger partial charge is 0.463 e. The van der Waals surface area contributed by atoms with Gasteiger partial charge in [0.15, 0.2) is 0 Å². The standard InChI is InChI=1S/C29H47N3O4/c1-12-36-27(35)20(4)18-22(19(2)3)32(11)26(34)24(28(5,6)7)31-25(33)23(30-10)29(8,9)21-16-14-13-15-17-21/h13-19,22-24,30H,12H2,1-11H3,(H,31,33)/b20-18+/t22?,23-,24-/m1/s1. The highest BCUT2D eigenvalue weighted by atomic mass is 16.5. The Balaban J connectivity index is 3.28. The summed E-state index contributed by atoms with van der Waals surface area (Å²) >= 11 is 0. The van der Waals surface area contributed by atoms with Crippen LogP contribution in [0.15, 0.2) is 42.0 Å². The first-order valence-corrected chi connectivity index (χ1v) is 12.7. The smallest absolute Gasteiger partial charge is 0.333 e. The number of benzene rings is 1. The van der Waals surface area contributed by atoms with Crippen LogP contribution < -0.4 is 10.6 Å². The molecule has 0 bridgehead atoms. The summed E-state index contributed by atoms with van der Waals surface area (Å²) in [6, 6.07) is 8.19. The fourth-order valence-corrected chi connectivity index (χ4v) is 4.40. The van der Waals surface area contributed by atoms with Gasteiger partial charge in [-0.25, -0.2) is 4.79 Å². The van der Waals surface area contributed by atoms with Crippen LogP contribution in [0.3, 0.4) is 0 Å². The number of hydrogen-bond donors (Lipinski definition) is 2. The Morgan fingerprint density at radius 1 is 1.03 bits per heavy atom. The molecule has 2 amide bonds. The van der Waals surface area contributed by atoms with Crippen LogP contribution in [-0.4, -0.2) is 61.5 Å². The van der Waals surface area contributed by atoms with Gasteiger partial charge in [0.25, 0.3) is 0 Å². The van der Waals surface area contributed by atoms with Crippen molar-refractivity contribution in [2.45, 2.75) is 85.9 Å². The molecule has 0 aromatic heterocycles. The molecule has 7 nitrogen and oxygen atoms in total. The first kappa shape index (κ1) is 31.4. The number of esters is 1. The summed E-state index contributed by atoms with van der Waals surface area (Å²) in [7, 11) is 3.48. The molecule has 0 saturated heterocycles. The van der Waals surface area contributed by atoms with E-state index in [1.54, 1.807) is 38.9 Å². The van der Waals surface area contributed by atoms with E-state index in [2.05, 4.69) is 10.6 Å². The predicted octanol–water partition coefficient (Wildman–Crippen LogP) is 4.08. The zero-order valence-electron chi connectivity index (χ0n) is 24.1. The van der Waals surface area contributed by atoms with Gasteiger partial charge in [-0.1, -0.05) is 84.9 Å². The Bertz CT molecular complexity index is 916. The molecule has 0 aliphatic heterocycles. The topological polar surface area (TPSA) is 87.7 Å². The zero-order chi connectivity index (χ0) is 27.8. The molecule has 0 saturated carbocycles. The minimum atomic E-state index is -0.769.